The molecular formula is C5H7N5O. The van der Waals surface area contributed by atoms with E-state index in [1.807, 2.05) is 0 Å². The van der Waals surface area contributed by atoms with Crippen LogP contribution in [0.5, 0.6) is 0 Å². The number of nitrogens with two attached hydrogens (primary N) is 1. The predicted octanol–water partition coefficient (Wildman–Crippen LogP) is -1.23. The number of rotatable bonds is 0. The molecule has 0 spiro atoms. The Labute approximate surface area is 61.7 Å². The van der Waals surface area contributed by atoms with E-state index in [1.165, 1.54) is 5.01 Å². The molecule has 2 heterocycles. The number of hydrogen-bond donors (Lipinski definition) is 3. The van der Waals surface area contributed by atoms with E-state index >= 15 is 0 Å². The van der Waals surface area contributed by atoms with Crippen molar-refractivity contribution in [3.8, 4) is 0 Å². The number of anilines is 1. The summed E-state index contributed by atoms with van der Waals surface area (Å²) in [6, 6.07) is 0. The van der Waals surface area contributed by atoms with E-state index in [-0.39, 0.29) is 5.69 Å². The Morgan fingerprint density at radius 1 is 1.64 bits per heavy atom. The van der Waals surface area contributed by atoms with Gasteiger partial charge in [-0.25, -0.2) is 10.6 Å². The van der Waals surface area contributed by atoms with Gasteiger partial charge in [0.1, 0.15) is 12.4 Å². The average Bonchev–Trinajstić information content (AvgIpc) is 2.31. The highest BCUT2D eigenvalue weighted by Crippen LogP contribution is 2.11. The molecule has 0 atom stereocenters. The summed E-state index contributed by atoms with van der Waals surface area (Å²) in [5.74, 6) is 6.08. The van der Waals surface area contributed by atoms with Crippen LogP contribution in [0.25, 0.3) is 0 Å². The molecule has 0 radical (unpaired) electrons. The number of nitrogens with one attached hydrogen (secondary N) is 2. The molecular weight excluding hydrogens is 146 g/mol. The number of aromatic nitrogens is 2. The van der Waals surface area contributed by atoms with Crippen LogP contribution in [0.3, 0.4) is 0 Å². The summed E-state index contributed by atoms with van der Waals surface area (Å²) >= 11 is 0. The van der Waals surface area contributed by atoms with Crippen molar-refractivity contribution in [2.45, 2.75) is 0 Å². The Kier molecular flexibility index (Phi) is 1.10. The summed E-state index contributed by atoms with van der Waals surface area (Å²) in [6.45, 7) is 0.376. The van der Waals surface area contributed by atoms with E-state index in [0.717, 1.165) is 0 Å². The van der Waals surface area contributed by atoms with Gasteiger partial charge in [0.2, 0.25) is 0 Å². The zero-order valence-corrected chi connectivity index (χ0v) is 5.66. The molecule has 0 bridgehead atoms. The number of H-pyrrole nitrogens is 2. The third-order valence-electron chi connectivity index (χ3n) is 1.48. The lowest BCUT2D eigenvalue weighted by Gasteiger charge is -2.16. The summed E-state index contributed by atoms with van der Waals surface area (Å²) in [6.07, 6.45) is 1.58. The highest BCUT2D eigenvalue weighted by atomic mass is 16.1. The fourth-order valence-electron chi connectivity index (χ4n) is 0.998. The lowest BCUT2D eigenvalue weighted by atomic mass is 10.4. The standard InChI is InChI=1S/C5H7N5O/c6-10-2-7-1-3-4(10)9-5(11)8-3/h1H,2,6H2,(H2,8,9,11). The van der Waals surface area contributed by atoms with Crippen LogP contribution in [0.2, 0.25) is 0 Å². The van der Waals surface area contributed by atoms with Gasteiger partial charge in [-0.1, -0.05) is 0 Å². The molecule has 0 unspecified atom stereocenters. The fourth-order valence-corrected chi connectivity index (χ4v) is 0.998. The summed E-state index contributed by atoms with van der Waals surface area (Å²) in [5.41, 5.74) is 0.363. The molecule has 1 aliphatic heterocycles. The van der Waals surface area contributed by atoms with Gasteiger partial charge in [0.25, 0.3) is 0 Å². The lowest BCUT2D eigenvalue weighted by molar-refractivity contribution is 0.840. The van der Waals surface area contributed by atoms with Crippen LogP contribution in [0, 0.1) is 0 Å². The van der Waals surface area contributed by atoms with Gasteiger partial charge in [-0.3, -0.25) is 15.0 Å². The Bertz CT molecular complexity index is 348. The van der Waals surface area contributed by atoms with Crippen LogP contribution in [0.1, 0.15) is 5.69 Å². The second-order valence-corrected chi connectivity index (χ2v) is 2.26. The molecule has 58 valence electrons. The Hall–Kier alpha value is -1.56. The molecule has 2 rings (SSSR count). The summed E-state index contributed by atoms with van der Waals surface area (Å²) < 4.78 is 0. The smallest absolute Gasteiger partial charge is 0.303 e. The van der Waals surface area contributed by atoms with Gasteiger partial charge in [0, 0.05) is 0 Å². The Balaban J connectivity index is 2.62. The first kappa shape index (κ1) is 6.17. The lowest BCUT2D eigenvalue weighted by Crippen LogP contribution is -2.34. The van der Waals surface area contributed by atoms with Crippen molar-refractivity contribution in [1.29, 1.82) is 0 Å². The van der Waals surface area contributed by atoms with Gasteiger partial charge in [0.05, 0.1) is 6.21 Å². The van der Waals surface area contributed by atoms with Gasteiger partial charge in [-0.2, -0.15) is 0 Å². The minimum absolute atomic E-state index is 0.265. The van der Waals surface area contributed by atoms with E-state index in [9.17, 15) is 4.79 Å². The van der Waals surface area contributed by atoms with Crippen molar-refractivity contribution in [3.05, 3.63) is 16.2 Å². The molecule has 0 amide bonds. The summed E-state index contributed by atoms with van der Waals surface area (Å²) in [4.78, 5) is 19.7. The maximum absolute atomic E-state index is 10.7. The van der Waals surface area contributed by atoms with Crippen LogP contribution >= 0.6 is 0 Å². The van der Waals surface area contributed by atoms with Crippen LogP contribution in [-0.4, -0.2) is 22.9 Å². The van der Waals surface area contributed by atoms with Gasteiger partial charge in [0.15, 0.2) is 5.82 Å². The van der Waals surface area contributed by atoms with Gasteiger partial charge in [-0.15, -0.1) is 0 Å². The van der Waals surface area contributed by atoms with Crippen molar-refractivity contribution < 1.29 is 0 Å². The highest BCUT2D eigenvalue weighted by molar-refractivity contribution is 5.85. The first-order chi connectivity index (χ1) is 5.27. The molecule has 0 saturated heterocycles. The van der Waals surface area contributed by atoms with E-state index in [4.69, 9.17) is 5.84 Å². The van der Waals surface area contributed by atoms with Crippen LogP contribution < -0.4 is 16.5 Å². The number of fused-ring (bicyclic) bond motifs is 1. The first-order valence-corrected chi connectivity index (χ1v) is 3.12. The molecule has 0 fully saturated rings. The minimum atomic E-state index is -0.265. The number of nitrogens with zero attached hydrogens (tertiary/aromatic N) is 2. The van der Waals surface area contributed by atoms with E-state index in [2.05, 4.69) is 15.0 Å². The van der Waals surface area contributed by atoms with E-state index in [0.29, 0.717) is 18.2 Å². The van der Waals surface area contributed by atoms with Gasteiger partial charge < -0.3 is 4.98 Å². The van der Waals surface area contributed by atoms with Crippen molar-refractivity contribution in [3.63, 3.8) is 0 Å². The van der Waals surface area contributed by atoms with Crippen molar-refractivity contribution in [2.24, 2.45) is 10.8 Å². The number of imidazole rings is 1. The quantitative estimate of drug-likeness (QED) is 0.408. The van der Waals surface area contributed by atoms with Crippen molar-refractivity contribution in [1.82, 2.24) is 9.97 Å². The van der Waals surface area contributed by atoms with E-state index < -0.39 is 0 Å². The maximum Gasteiger partial charge on any atom is 0.325 e. The molecule has 0 aliphatic carbocycles. The normalized spacial score (nSPS) is 15.2. The maximum atomic E-state index is 10.7. The topological polar surface area (TPSA) is 90.3 Å². The number of aromatic amines is 2. The summed E-state index contributed by atoms with van der Waals surface area (Å²) in [5, 5.41) is 1.37. The molecule has 1 aromatic rings. The second kappa shape index (κ2) is 1.96. The van der Waals surface area contributed by atoms with Crippen LogP contribution in [0.15, 0.2) is 9.79 Å². The fraction of sp³-hybridized carbons (Fsp3) is 0.200. The SMILES string of the molecule is NN1CN=Cc2[nH]c(=O)[nH]c21. The Morgan fingerprint density at radius 3 is 3.18 bits per heavy atom. The summed E-state index contributed by atoms with van der Waals surface area (Å²) in [7, 11) is 0. The Morgan fingerprint density at radius 2 is 2.45 bits per heavy atom. The van der Waals surface area contributed by atoms with Gasteiger partial charge in [-0.05, 0) is 0 Å². The van der Waals surface area contributed by atoms with Crippen molar-refractivity contribution >= 4 is 12.0 Å². The van der Waals surface area contributed by atoms with Gasteiger partial charge >= 0.3 is 5.69 Å². The zero-order chi connectivity index (χ0) is 7.84. The second-order valence-electron chi connectivity index (χ2n) is 2.26. The van der Waals surface area contributed by atoms with Crippen LogP contribution in [-0.2, 0) is 0 Å². The number of hydrogen-bond acceptors (Lipinski definition) is 4. The predicted molar refractivity (Wildman–Crippen MR) is 40.5 cm³/mol. The largest absolute Gasteiger partial charge is 0.325 e. The molecule has 1 aromatic heterocycles. The molecule has 0 aromatic carbocycles. The van der Waals surface area contributed by atoms with E-state index in [1.54, 1.807) is 6.21 Å². The number of aliphatic imine (C=N–C) groups is 1. The number of hydrazine groups is 1. The third-order valence-corrected chi connectivity index (χ3v) is 1.48. The highest BCUT2D eigenvalue weighted by Gasteiger charge is 2.12. The first-order valence-electron chi connectivity index (χ1n) is 3.12. The van der Waals surface area contributed by atoms with Crippen molar-refractivity contribution in [2.75, 3.05) is 11.7 Å². The molecule has 6 heteroatoms. The molecule has 11 heavy (non-hydrogen) atoms. The van der Waals surface area contributed by atoms with Crippen LogP contribution in [0.4, 0.5) is 5.82 Å². The third kappa shape index (κ3) is 0.838. The molecule has 6 nitrogen and oxygen atoms in total. The zero-order valence-electron chi connectivity index (χ0n) is 5.66. The minimum Gasteiger partial charge on any atom is -0.303 e. The average molecular weight is 153 g/mol. The molecule has 1 aliphatic rings. The molecule has 4 N–H and O–H groups in total. The molecule has 0 saturated carbocycles. The monoisotopic (exact) mass is 153 g/mol.